The van der Waals surface area contributed by atoms with Gasteiger partial charge in [-0.25, -0.2) is 0 Å². The van der Waals surface area contributed by atoms with Gasteiger partial charge in [-0.2, -0.15) is 10.2 Å². The fourth-order valence-electron chi connectivity index (χ4n) is 1.62. The van der Waals surface area contributed by atoms with Gasteiger partial charge < -0.3 is 5.73 Å². The molecule has 5 heteroatoms. The zero-order valence-electron chi connectivity index (χ0n) is 9.23. The number of nitrogen functional groups attached to an aromatic ring is 1. The number of aromatic nitrogens is 4. The molecule has 5 nitrogen and oxygen atoms in total. The first kappa shape index (κ1) is 9.76. The molecular formula is C10H15N5. The van der Waals surface area contributed by atoms with Gasteiger partial charge in [0, 0.05) is 31.9 Å². The molecule has 2 rings (SSSR count). The SMILES string of the molecule is CCc1nn(C)cc1-c1cc(N)n(C)n1. The lowest BCUT2D eigenvalue weighted by molar-refractivity contribution is 0.746. The van der Waals surface area contributed by atoms with Crippen LogP contribution in [-0.4, -0.2) is 19.6 Å². The third kappa shape index (κ3) is 1.60. The Morgan fingerprint density at radius 1 is 1.33 bits per heavy atom. The van der Waals surface area contributed by atoms with Crippen LogP contribution in [0.2, 0.25) is 0 Å². The van der Waals surface area contributed by atoms with Gasteiger partial charge in [-0.1, -0.05) is 6.92 Å². The summed E-state index contributed by atoms with van der Waals surface area (Å²) in [7, 11) is 3.75. The lowest BCUT2D eigenvalue weighted by Crippen LogP contribution is -1.96. The van der Waals surface area contributed by atoms with Gasteiger partial charge in [-0.3, -0.25) is 9.36 Å². The highest BCUT2D eigenvalue weighted by atomic mass is 15.3. The Balaban J connectivity index is 2.52. The molecule has 0 amide bonds. The molecule has 0 aliphatic carbocycles. The number of nitrogens with two attached hydrogens (primary N) is 1. The maximum Gasteiger partial charge on any atom is 0.121 e. The number of nitrogens with zero attached hydrogens (tertiary/aromatic N) is 4. The summed E-state index contributed by atoms with van der Waals surface area (Å²) in [5, 5.41) is 8.71. The molecule has 0 spiro atoms. The molecule has 0 fully saturated rings. The van der Waals surface area contributed by atoms with Crippen molar-refractivity contribution in [3.63, 3.8) is 0 Å². The summed E-state index contributed by atoms with van der Waals surface area (Å²) >= 11 is 0. The maximum atomic E-state index is 5.75. The molecule has 15 heavy (non-hydrogen) atoms. The van der Waals surface area contributed by atoms with Crippen molar-refractivity contribution in [3.8, 4) is 11.3 Å². The van der Waals surface area contributed by atoms with Crippen LogP contribution in [0.25, 0.3) is 11.3 Å². The average Bonchev–Trinajstić information content (AvgIpc) is 2.71. The van der Waals surface area contributed by atoms with Crippen LogP contribution in [0.5, 0.6) is 0 Å². The molecule has 0 saturated carbocycles. The molecule has 2 heterocycles. The van der Waals surface area contributed by atoms with Crippen molar-refractivity contribution in [1.82, 2.24) is 19.6 Å². The van der Waals surface area contributed by atoms with Crippen LogP contribution in [0.3, 0.4) is 0 Å². The van der Waals surface area contributed by atoms with Crippen LogP contribution in [0, 0.1) is 0 Å². The minimum Gasteiger partial charge on any atom is -0.384 e. The topological polar surface area (TPSA) is 61.7 Å². The fraction of sp³-hybridized carbons (Fsp3) is 0.400. The zero-order valence-corrected chi connectivity index (χ0v) is 9.23. The van der Waals surface area contributed by atoms with Gasteiger partial charge >= 0.3 is 0 Å². The molecule has 2 aromatic heterocycles. The third-order valence-corrected chi connectivity index (χ3v) is 2.43. The molecule has 0 radical (unpaired) electrons. The summed E-state index contributed by atoms with van der Waals surface area (Å²) in [6.07, 6.45) is 2.87. The van der Waals surface area contributed by atoms with Gasteiger partial charge in [0.05, 0.1) is 11.4 Å². The van der Waals surface area contributed by atoms with Crippen molar-refractivity contribution in [3.05, 3.63) is 18.0 Å². The quantitative estimate of drug-likeness (QED) is 0.794. The molecule has 2 aromatic rings. The Hall–Kier alpha value is -1.78. The molecule has 2 N–H and O–H groups in total. The second-order valence-electron chi connectivity index (χ2n) is 3.59. The molecule has 0 atom stereocenters. The Kier molecular flexibility index (Phi) is 2.22. The fourth-order valence-corrected chi connectivity index (χ4v) is 1.62. The van der Waals surface area contributed by atoms with Gasteiger partial charge in [-0.05, 0) is 6.42 Å². The Bertz CT molecular complexity index is 460. The number of rotatable bonds is 2. The largest absolute Gasteiger partial charge is 0.384 e. The van der Waals surface area contributed by atoms with E-state index in [1.54, 1.807) is 9.36 Å². The minimum atomic E-state index is 0.663. The van der Waals surface area contributed by atoms with Gasteiger partial charge in [0.25, 0.3) is 0 Å². The third-order valence-electron chi connectivity index (χ3n) is 2.43. The highest BCUT2D eigenvalue weighted by Crippen LogP contribution is 2.23. The number of hydrogen-bond acceptors (Lipinski definition) is 3. The van der Waals surface area contributed by atoms with Gasteiger partial charge in [-0.15, -0.1) is 0 Å². The normalized spacial score (nSPS) is 10.9. The molecule has 0 unspecified atom stereocenters. The summed E-state index contributed by atoms with van der Waals surface area (Å²) < 4.78 is 3.47. The van der Waals surface area contributed by atoms with E-state index in [9.17, 15) is 0 Å². The highest BCUT2D eigenvalue weighted by molar-refractivity contribution is 5.64. The summed E-state index contributed by atoms with van der Waals surface area (Å²) in [4.78, 5) is 0. The van der Waals surface area contributed by atoms with Crippen LogP contribution in [0.15, 0.2) is 12.3 Å². The Labute approximate surface area is 88.5 Å². The van der Waals surface area contributed by atoms with Crippen molar-refractivity contribution in [1.29, 1.82) is 0 Å². The van der Waals surface area contributed by atoms with E-state index in [0.717, 1.165) is 23.4 Å². The first-order valence-corrected chi connectivity index (χ1v) is 4.94. The van der Waals surface area contributed by atoms with Crippen LogP contribution in [0.1, 0.15) is 12.6 Å². The Morgan fingerprint density at radius 3 is 2.60 bits per heavy atom. The maximum absolute atomic E-state index is 5.75. The van der Waals surface area contributed by atoms with E-state index in [-0.39, 0.29) is 0 Å². The molecule has 0 bridgehead atoms. The van der Waals surface area contributed by atoms with E-state index in [2.05, 4.69) is 17.1 Å². The van der Waals surface area contributed by atoms with E-state index >= 15 is 0 Å². The zero-order chi connectivity index (χ0) is 11.0. The first-order valence-electron chi connectivity index (χ1n) is 4.94. The van der Waals surface area contributed by atoms with E-state index in [4.69, 9.17) is 5.73 Å². The lowest BCUT2D eigenvalue weighted by Gasteiger charge is -1.93. The number of anilines is 1. The average molecular weight is 205 g/mol. The van der Waals surface area contributed by atoms with Gasteiger partial charge in [0.1, 0.15) is 5.82 Å². The van der Waals surface area contributed by atoms with E-state index in [0.29, 0.717) is 5.82 Å². The molecular weight excluding hydrogens is 190 g/mol. The van der Waals surface area contributed by atoms with Crippen molar-refractivity contribution in [2.45, 2.75) is 13.3 Å². The monoisotopic (exact) mass is 205 g/mol. The minimum absolute atomic E-state index is 0.663. The molecule has 80 valence electrons. The lowest BCUT2D eigenvalue weighted by atomic mass is 10.1. The predicted molar refractivity (Wildman–Crippen MR) is 59.2 cm³/mol. The van der Waals surface area contributed by atoms with Gasteiger partial charge in [0.15, 0.2) is 0 Å². The second-order valence-corrected chi connectivity index (χ2v) is 3.59. The van der Waals surface area contributed by atoms with Crippen LogP contribution < -0.4 is 5.73 Å². The van der Waals surface area contributed by atoms with E-state index in [1.165, 1.54) is 0 Å². The van der Waals surface area contributed by atoms with Crippen LogP contribution >= 0.6 is 0 Å². The van der Waals surface area contributed by atoms with Crippen molar-refractivity contribution >= 4 is 5.82 Å². The number of aryl methyl sites for hydroxylation is 3. The van der Waals surface area contributed by atoms with E-state index < -0.39 is 0 Å². The summed E-state index contributed by atoms with van der Waals surface area (Å²) in [6, 6.07) is 1.87. The van der Waals surface area contributed by atoms with Crippen molar-refractivity contribution < 1.29 is 0 Å². The predicted octanol–water partition coefficient (Wildman–Crippen LogP) is 0.965. The molecule has 0 saturated heterocycles. The molecule has 0 aliphatic heterocycles. The smallest absolute Gasteiger partial charge is 0.121 e. The second kappa shape index (κ2) is 3.42. The van der Waals surface area contributed by atoms with Crippen LogP contribution in [-0.2, 0) is 20.5 Å². The van der Waals surface area contributed by atoms with Crippen LogP contribution in [0.4, 0.5) is 5.82 Å². The summed E-state index contributed by atoms with van der Waals surface area (Å²) in [6.45, 7) is 2.08. The standard InChI is InChI=1S/C10H15N5/c1-4-8-7(6-14(2)12-8)9-5-10(11)15(3)13-9/h5-6H,4,11H2,1-3H3. The number of hydrogen-bond donors (Lipinski definition) is 1. The van der Waals surface area contributed by atoms with E-state index in [1.807, 2.05) is 26.4 Å². The first-order chi connectivity index (χ1) is 7.11. The molecule has 0 aliphatic rings. The van der Waals surface area contributed by atoms with Crippen molar-refractivity contribution in [2.24, 2.45) is 14.1 Å². The van der Waals surface area contributed by atoms with Gasteiger partial charge in [0.2, 0.25) is 0 Å². The Morgan fingerprint density at radius 2 is 2.07 bits per heavy atom. The van der Waals surface area contributed by atoms with Crippen molar-refractivity contribution in [2.75, 3.05) is 5.73 Å². The summed E-state index contributed by atoms with van der Waals surface area (Å²) in [5.41, 5.74) is 8.75. The highest BCUT2D eigenvalue weighted by Gasteiger charge is 2.12. The summed E-state index contributed by atoms with van der Waals surface area (Å²) in [5.74, 6) is 0.663. The molecule has 0 aromatic carbocycles.